The molecule has 1 N–H and O–H groups in total. The summed E-state index contributed by atoms with van der Waals surface area (Å²) in [4.78, 5) is 23.0. The zero-order valence-corrected chi connectivity index (χ0v) is 20.5. The molecular weight excluding hydrogens is 563 g/mol. The fourth-order valence-electron chi connectivity index (χ4n) is 3.08. The first-order valence-electron chi connectivity index (χ1n) is 10.0. The van der Waals surface area contributed by atoms with Crippen molar-refractivity contribution >= 4 is 45.9 Å². The number of anilines is 1. The molecule has 0 saturated heterocycles. The number of nitro benzene ring substituents is 1. The lowest BCUT2D eigenvalue weighted by atomic mass is 10.1. The SMILES string of the molecule is COc1cc(/C=C(\C#N)C(=O)Nc2cccc([N+](=O)[O-])c2)cc(I)c1OCc1ccccc1C#N. The molecule has 0 aliphatic heterocycles. The Kier molecular flexibility index (Phi) is 8.38. The van der Waals surface area contributed by atoms with Gasteiger partial charge in [0.05, 0.1) is 27.2 Å². The third-order valence-corrected chi connectivity index (χ3v) is 5.55. The van der Waals surface area contributed by atoms with Gasteiger partial charge in [-0.1, -0.05) is 24.3 Å². The van der Waals surface area contributed by atoms with Crippen LogP contribution in [0.25, 0.3) is 6.08 Å². The van der Waals surface area contributed by atoms with Crippen molar-refractivity contribution < 1.29 is 19.2 Å². The molecule has 0 bridgehead atoms. The Bertz CT molecular complexity index is 1410. The number of hydrogen-bond donors (Lipinski definition) is 1. The van der Waals surface area contributed by atoms with Crippen LogP contribution in [0, 0.1) is 36.3 Å². The number of non-ortho nitro benzene ring substituents is 1. The Balaban J connectivity index is 1.84. The molecule has 0 atom stereocenters. The maximum Gasteiger partial charge on any atom is 0.271 e. The number of nitrogens with zero attached hydrogens (tertiary/aromatic N) is 3. The zero-order valence-electron chi connectivity index (χ0n) is 18.3. The minimum absolute atomic E-state index is 0.153. The lowest BCUT2D eigenvalue weighted by Crippen LogP contribution is -2.13. The molecule has 9 nitrogen and oxygen atoms in total. The van der Waals surface area contributed by atoms with Crippen molar-refractivity contribution in [1.82, 2.24) is 0 Å². The van der Waals surface area contributed by atoms with E-state index in [1.807, 2.05) is 12.1 Å². The van der Waals surface area contributed by atoms with Gasteiger partial charge in [-0.05, 0) is 58.5 Å². The number of rotatable bonds is 8. The number of methoxy groups -OCH3 is 1. The minimum Gasteiger partial charge on any atom is -0.493 e. The second-order valence-corrected chi connectivity index (χ2v) is 8.19. The molecule has 0 saturated carbocycles. The lowest BCUT2D eigenvalue weighted by Gasteiger charge is -2.14. The molecule has 10 heteroatoms. The molecule has 0 fully saturated rings. The van der Waals surface area contributed by atoms with Gasteiger partial charge < -0.3 is 14.8 Å². The number of amides is 1. The summed E-state index contributed by atoms with van der Waals surface area (Å²) in [5.74, 6) is 0.127. The Labute approximate surface area is 214 Å². The van der Waals surface area contributed by atoms with Crippen molar-refractivity contribution in [2.45, 2.75) is 6.61 Å². The topological polar surface area (TPSA) is 138 Å². The Hall–Kier alpha value is -4.42. The van der Waals surface area contributed by atoms with E-state index in [4.69, 9.17) is 9.47 Å². The molecule has 3 aromatic carbocycles. The van der Waals surface area contributed by atoms with Gasteiger partial charge in [0.15, 0.2) is 11.5 Å². The molecule has 3 rings (SSSR count). The van der Waals surface area contributed by atoms with Gasteiger partial charge in [0.25, 0.3) is 11.6 Å². The number of benzene rings is 3. The fourth-order valence-corrected chi connectivity index (χ4v) is 3.86. The van der Waals surface area contributed by atoms with Crippen LogP contribution >= 0.6 is 22.6 Å². The van der Waals surface area contributed by atoms with Gasteiger partial charge in [-0.3, -0.25) is 14.9 Å². The van der Waals surface area contributed by atoms with E-state index < -0.39 is 10.8 Å². The number of nitro groups is 1. The van der Waals surface area contributed by atoms with Crippen molar-refractivity contribution in [1.29, 1.82) is 10.5 Å². The first-order chi connectivity index (χ1) is 16.9. The first kappa shape index (κ1) is 25.2. The van der Waals surface area contributed by atoms with E-state index in [1.165, 1.54) is 37.5 Å². The predicted molar refractivity (Wildman–Crippen MR) is 137 cm³/mol. The van der Waals surface area contributed by atoms with Crippen molar-refractivity contribution in [3.8, 4) is 23.6 Å². The average Bonchev–Trinajstić information content (AvgIpc) is 2.86. The van der Waals surface area contributed by atoms with E-state index in [9.17, 15) is 25.4 Å². The van der Waals surface area contributed by atoms with E-state index in [-0.39, 0.29) is 23.6 Å². The summed E-state index contributed by atoms with van der Waals surface area (Å²) >= 11 is 2.05. The van der Waals surface area contributed by atoms with Gasteiger partial charge in [-0.2, -0.15) is 10.5 Å². The van der Waals surface area contributed by atoms with E-state index in [0.717, 1.165) is 5.56 Å². The number of carbonyl (C=O) groups is 1. The monoisotopic (exact) mass is 580 g/mol. The number of halogens is 1. The predicted octanol–water partition coefficient (Wildman–Crippen LogP) is 5.20. The summed E-state index contributed by atoms with van der Waals surface area (Å²) in [5, 5.41) is 32.2. The van der Waals surface area contributed by atoms with E-state index in [1.54, 1.807) is 30.3 Å². The van der Waals surface area contributed by atoms with Crippen LogP contribution in [0.15, 0.2) is 66.2 Å². The average molecular weight is 580 g/mol. The third kappa shape index (κ3) is 6.34. The van der Waals surface area contributed by atoms with Crippen LogP contribution in [0.2, 0.25) is 0 Å². The number of hydrogen-bond acceptors (Lipinski definition) is 7. The molecule has 0 spiro atoms. The summed E-state index contributed by atoms with van der Waals surface area (Å²) in [6, 6.07) is 19.8. The molecule has 0 aromatic heterocycles. The molecule has 1 amide bonds. The standard InChI is InChI=1S/C25H17IN4O5/c1-34-23-11-16(10-22(26)24(23)35-15-18-6-3-2-5-17(18)13-27)9-19(14-28)25(31)29-20-7-4-8-21(12-20)30(32)33/h2-12H,15H2,1H3,(H,29,31)/b19-9+. The molecule has 0 radical (unpaired) electrons. The summed E-state index contributed by atoms with van der Waals surface area (Å²) in [6.45, 7) is 0.153. The van der Waals surface area contributed by atoms with Crippen LogP contribution in [0.1, 0.15) is 16.7 Å². The van der Waals surface area contributed by atoms with Crippen LogP contribution in [-0.4, -0.2) is 17.9 Å². The largest absolute Gasteiger partial charge is 0.493 e. The molecule has 0 aliphatic rings. The first-order valence-corrected chi connectivity index (χ1v) is 11.1. The van der Waals surface area contributed by atoms with Crippen LogP contribution in [0.5, 0.6) is 11.5 Å². The number of nitriles is 2. The van der Waals surface area contributed by atoms with Gasteiger partial charge in [0.1, 0.15) is 18.2 Å². The van der Waals surface area contributed by atoms with Crippen molar-refractivity contribution in [2.24, 2.45) is 0 Å². The number of nitrogens with one attached hydrogen (secondary N) is 1. The summed E-state index contributed by atoms with van der Waals surface area (Å²) in [6.07, 6.45) is 1.38. The quantitative estimate of drug-likeness (QED) is 0.127. The van der Waals surface area contributed by atoms with Crippen molar-refractivity contribution in [3.05, 3.63) is 96.6 Å². The summed E-state index contributed by atoms with van der Waals surface area (Å²) in [5.41, 5.74) is 1.56. The molecule has 3 aromatic rings. The lowest BCUT2D eigenvalue weighted by molar-refractivity contribution is -0.384. The fraction of sp³-hybridized carbons (Fsp3) is 0.0800. The van der Waals surface area contributed by atoms with Gasteiger partial charge >= 0.3 is 0 Å². The minimum atomic E-state index is -0.713. The second kappa shape index (κ2) is 11.6. The van der Waals surface area contributed by atoms with Crippen LogP contribution in [0.4, 0.5) is 11.4 Å². The van der Waals surface area contributed by atoms with Gasteiger partial charge in [-0.25, -0.2) is 0 Å². The van der Waals surface area contributed by atoms with Crippen LogP contribution < -0.4 is 14.8 Å². The molecular formula is C25H17IN4O5. The molecule has 0 heterocycles. The molecule has 174 valence electrons. The van der Waals surface area contributed by atoms with E-state index >= 15 is 0 Å². The normalized spacial score (nSPS) is 10.6. The van der Waals surface area contributed by atoms with Gasteiger partial charge in [0.2, 0.25) is 0 Å². The van der Waals surface area contributed by atoms with Gasteiger partial charge in [0, 0.05) is 23.4 Å². The smallest absolute Gasteiger partial charge is 0.271 e. The highest BCUT2D eigenvalue weighted by Crippen LogP contribution is 2.35. The van der Waals surface area contributed by atoms with Crippen molar-refractivity contribution in [2.75, 3.05) is 12.4 Å². The van der Waals surface area contributed by atoms with E-state index in [0.29, 0.717) is 26.2 Å². The molecule has 0 aliphatic carbocycles. The van der Waals surface area contributed by atoms with E-state index in [2.05, 4.69) is 34.0 Å². The maximum atomic E-state index is 12.6. The number of carbonyl (C=O) groups excluding carboxylic acids is 1. The van der Waals surface area contributed by atoms with Crippen LogP contribution in [-0.2, 0) is 11.4 Å². The van der Waals surface area contributed by atoms with Gasteiger partial charge in [-0.15, -0.1) is 0 Å². The third-order valence-electron chi connectivity index (χ3n) is 4.75. The molecule has 35 heavy (non-hydrogen) atoms. The zero-order chi connectivity index (χ0) is 25.4. The summed E-state index contributed by atoms with van der Waals surface area (Å²) in [7, 11) is 1.47. The Morgan fingerprint density at radius 1 is 1.17 bits per heavy atom. The highest BCUT2D eigenvalue weighted by Gasteiger charge is 2.16. The van der Waals surface area contributed by atoms with Crippen LogP contribution in [0.3, 0.4) is 0 Å². The maximum absolute atomic E-state index is 12.6. The highest BCUT2D eigenvalue weighted by molar-refractivity contribution is 14.1. The highest BCUT2D eigenvalue weighted by atomic mass is 127. The summed E-state index contributed by atoms with van der Waals surface area (Å²) < 4.78 is 12.0. The molecule has 0 unspecified atom stereocenters. The number of ether oxygens (including phenoxy) is 2. The Morgan fingerprint density at radius 3 is 2.63 bits per heavy atom. The van der Waals surface area contributed by atoms with Crippen molar-refractivity contribution in [3.63, 3.8) is 0 Å². The Morgan fingerprint density at radius 2 is 1.94 bits per heavy atom. The second-order valence-electron chi connectivity index (χ2n) is 7.02.